The maximum Gasteiger partial charge on any atom is 0.293 e. The van der Waals surface area contributed by atoms with E-state index < -0.39 is 0 Å². The van der Waals surface area contributed by atoms with E-state index >= 15 is 0 Å². The molecule has 1 aliphatic heterocycles. The van der Waals surface area contributed by atoms with Crippen LogP contribution in [0.15, 0.2) is 0 Å². The van der Waals surface area contributed by atoms with Crippen molar-refractivity contribution in [2.45, 2.75) is 6.04 Å². The Morgan fingerprint density at radius 1 is 1.50 bits per heavy atom. The SMILES string of the molecule is NC1C2CN([B]C=O)CC12. The summed E-state index contributed by atoms with van der Waals surface area (Å²) in [6.45, 7) is 1.98. The Hall–Kier alpha value is -0.345. The highest BCUT2D eigenvalue weighted by molar-refractivity contribution is 6.64. The zero-order valence-electron chi connectivity index (χ0n) is 5.73. The number of fused-ring (bicyclic) bond motifs is 1. The maximum absolute atomic E-state index is 10.0. The van der Waals surface area contributed by atoms with Crippen molar-refractivity contribution in [1.29, 1.82) is 0 Å². The van der Waals surface area contributed by atoms with Crippen LogP contribution in [0.2, 0.25) is 0 Å². The van der Waals surface area contributed by atoms with Crippen LogP contribution in [-0.4, -0.2) is 37.5 Å². The van der Waals surface area contributed by atoms with Gasteiger partial charge in [0.15, 0.2) is 0 Å². The van der Waals surface area contributed by atoms with Gasteiger partial charge in [-0.2, -0.15) is 0 Å². The molecule has 0 aromatic carbocycles. The number of carbonyl (C=O) groups excluding carboxylic acids is 1. The van der Waals surface area contributed by atoms with Gasteiger partial charge < -0.3 is 15.3 Å². The molecule has 10 heavy (non-hydrogen) atoms. The minimum absolute atomic E-state index is 0.427. The van der Waals surface area contributed by atoms with E-state index in [0.717, 1.165) is 19.3 Å². The summed E-state index contributed by atoms with van der Waals surface area (Å²) in [5.41, 5.74) is 5.70. The first-order valence-corrected chi connectivity index (χ1v) is 3.61. The topological polar surface area (TPSA) is 46.3 Å². The molecule has 2 fully saturated rings. The summed E-state index contributed by atoms with van der Waals surface area (Å²) in [5, 5.41) is 0. The van der Waals surface area contributed by atoms with E-state index in [0.29, 0.717) is 17.9 Å². The maximum atomic E-state index is 10.0. The summed E-state index contributed by atoms with van der Waals surface area (Å²) < 4.78 is 0. The number of piperidine rings is 1. The molecule has 4 heteroatoms. The van der Waals surface area contributed by atoms with Crippen LogP contribution in [0, 0.1) is 11.8 Å². The summed E-state index contributed by atoms with van der Waals surface area (Å²) >= 11 is 0. The van der Waals surface area contributed by atoms with Gasteiger partial charge in [0.05, 0.1) is 6.19 Å². The predicted molar refractivity (Wildman–Crippen MR) is 39.0 cm³/mol. The third-order valence-electron chi connectivity index (χ3n) is 2.56. The number of carbonyl (C=O) groups is 1. The molecule has 2 atom stereocenters. The Morgan fingerprint density at radius 3 is 2.60 bits per heavy atom. The lowest BCUT2D eigenvalue weighted by Crippen LogP contribution is -2.32. The van der Waals surface area contributed by atoms with Crippen molar-refractivity contribution in [3.05, 3.63) is 0 Å². The molecule has 3 nitrogen and oxygen atoms in total. The third kappa shape index (κ3) is 0.795. The monoisotopic (exact) mass is 137 g/mol. The Morgan fingerprint density at radius 2 is 2.10 bits per heavy atom. The molecule has 0 spiro atoms. The molecule has 1 saturated heterocycles. The van der Waals surface area contributed by atoms with E-state index in [1.807, 2.05) is 4.81 Å². The highest BCUT2D eigenvalue weighted by Crippen LogP contribution is 2.43. The van der Waals surface area contributed by atoms with E-state index in [1.54, 1.807) is 7.41 Å². The molecule has 1 radical (unpaired) electrons. The Labute approximate surface area is 60.8 Å². The summed E-state index contributed by atoms with van der Waals surface area (Å²) in [6, 6.07) is 0.427. The normalized spacial score (nSPS) is 44.7. The van der Waals surface area contributed by atoms with Crippen molar-refractivity contribution in [3.63, 3.8) is 0 Å². The molecule has 1 heterocycles. The lowest BCUT2D eigenvalue weighted by molar-refractivity contribution is 0.472. The van der Waals surface area contributed by atoms with Gasteiger partial charge >= 0.3 is 0 Å². The minimum Gasteiger partial charge on any atom is -0.339 e. The third-order valence-corrected chi connectivity index (χ3v) is 2.56. The van der Waals surface area contributed by atoms with Crippen molar-refractivity contribution < 1.29 is 4.79 Å². The summed E-state index contributed by atoms with van der Waals surface area (Å²) in [7, 11) is 1.61. The van der Waals surface area contributed by atoms with Crippen LogP contribution >= 0.6 is 0 Å². The summed E-state index contributed by atoms with van der Waals surface area (Å²) in [4.78, 5) is 12.1. The number of rotatable bonds is 2. The largest absolute Gasteiger partial charge is 0.339 e. The number of hydrogen-bond acceptors (Lipinski definition) is 3. The first-order chi connectivity index (χ1) is 4.83. The van der Waals surface area contributed by atoms with Crippen LogP contribution in [0.5, 0.6) is 0 Å². The van der Waals surface area contributed by atoms with Crippen molar-refractivity contribution in [2.75, 3.05) is 13.1 Å². The number of nitrogens with two attached hydrogens (primary N) is 1. The van der Waals surface area contributed by atoms with Gasteiger partial charge in [-0.3, -0.25) is 0 Å². The Balaban J connectivity index is 1.83. The van der Waals surface area contributed by atoms with Gasteiger partial charge in [-0.25, -0.2) is 0 Å². The van der Waals surface area contributed by atoms with E-state index in [9.17, 15) is 4.79 Å². The molecule has 0 amide bonds. The summed E-state index contributed by atoms with van der Waals surface area (Å²) in [6.07, 6.45) is 0.844. The van der Waals surface area contributed by atoms with Crippen LogP contribution in [0.1, 0.15) is 0 Å². The van der Waals surface area contributed by atoms with Crippen LogP contribution in [0.25, 0.3) is 0 Å². The zero-order valence-corrected chi connectivity index (χ0v) is 5.73. The molecular formula is C6H10BN2O. The second-order valence-electron chi connectivity index (χ2n) is 3.14. The fourth-order valence-electron chi connectivity index (χ4n) is 1.81. The average molecular weight is 137 g/mol. The van der Waals surface area contributed by atoms with Crippen molar-refractivity contribution in [1.82, 2.24) is 4.81 Å². The molecule has 2 unspecified atom stereocenters. The zero-order chi connectivity index (χ0) is 7.14. The quantitative estimate of drug-likeness (QED) is 0.379. The molecule has 2 aliphatic rings. The predicted octanol–water partition coefficient (Wildman–Crippen LogP) is -1.32. The van der Waals surface area contributed by atoms with Gasteiger partial charge in [-0.05, 0) is 24.9 Å². The van der Waals surface area contributed by atoms with E-state index in [-0.39, 0.29) is 0 Å². The van der Waals surface area contributed by atoms with Crippen LogP contribution < -0.4 is 5.73 Å². The van der Waals surface area contributed by atoms with Gasteiger partial charge in [0.2, 0.25) is 0 Å². The Bertz CT molecular complexity index is 152. The lowest BCUT2D eigenvalue weighted by Gasteiger charge is -2.13. The average Bonchev–Trinajstić information content (AvgIpc) is 2.44. The van der Waals surface area contributed by atoms with E-state index in [2.05, 4.69) is 0 Å². The molecule has 1 saturated carbocycles. The fourth-order valence-corrected chi connectivity index (χ4v) is 1.81. The van der Waals surface area contributed by atoms with Crippen LogP contribution in [-0.2, 0) is 4.79 Å². The van der Waals surface area contributed by atoms with Gasteiger partial charge in [-0.1, -0.05) is 0 Å². The highest BCUT2D eigenvalue weighted by Gasteiger charge is 2.52. The summed E-state index contributed by atoms with van der Waals surface area (Å²) in [5.74, 6) is 1.35. The minimum atomic E-state index is 0.427. The molecular weight excluding hydrogens is 127 g/mol. The van der Waals surface area contributed by atoms with Crippen LogP contribution in [0.3, 0.4) is 0 Å². The van der Waals surface area contributed by atoms with Crippen LogP contribution in [0.4, 0.5) is 0 Å². The molecule has 0 aromatic heterocycles. The smallest absolute Gasteiger partial charge is 0.293 e. The first kappa shape index (κ1) is 6.37. The molecule has 1 aliphatic carbocycles. The van der Waals surface area contributed by atoms with Gasteiger partial charge in [0.1, 0.15) is 0 Å². The second-order valence-corrected chi connectivity index (χ2v) is 3.14. The fraction of sp³-hybridized carbons (Fsp3) is 0.833. The van der Waals surface area contributed by atoms with Crippen molar-refractivity contribution in [3.8, 4) is 0 Å². The molecule has 2 N–H and O–H groups in total. The Kier molecular flexibility index (Phi) is 1.32. The van der Waals surface area contributed by atoms with E-state index in [4.69, 9.17) is 5.73 Å². The molecule has 53 valence electrons. The van der Waals surface area contributed by atoms with Gasteiger partial charge in [0.25, 0.3) is 7.41 Å². The number of hydrogen-bond donors (Lipinski definition) is 1. The first-order valence-electron chi connectivity index (χ1n) is 3.61. The molecule has 0 bridgehead atoms. The second kappa shape index (κ2) is 2.07. The van der Waals surface area contributed by atoms with Gasteiger partial charge in [0, 0.05) is 6.04 Å². The lowest BCUT2D eigenvalue weighted by atomic mass is 9.95. The van der Waals surface area contributed by atoms with Crippen molar-refractivity contribution >= 4 is 13.6 Å². The highest BCUT2D eigenvalue weighted by atomic mass is 16.1. The van der Waals surface area contributed by atoms with Crippen molar-refractivity contribution in [2.24, 2.45) is 17.6 Å². The van der Waals surface area contributed by atoms with E-state index in [1.165, 1.54) is 0 Å². The standard InChI is InChI=1S/C6H10BN2O/c8-6-4-1-9(7-3-10)2-5(4)6/h3-6H,1-2,8H2. The molecule has 2 rings (SSSR count). The molecule has 0 aromatic rings. The van der Waals surface area contributed by atoms with Gasteiger partial charge in [-0.15, -0.1) is 0 Å². The number of nitrogens with zero attached hydrogens (tertiary/aromatic N) is 1.